The highest BCUT2D eigenvalue weighted by atomic mass is 15.0. The van der Waals surface area contributed by atoms with Gasteiger partial charge in [-0.3, -0.25) is 0 Å². The predicted molar refractivity (Wildman–Crippen MR) is 78.6 cm³/mol. The molecule has 0 aliphatic heterocycles. The van der Waals surface area contributed by atoms with E-state index in [1.807, 2.05) is 0 Å². The van der Waals surface area contributed by atoms with Crippen LogP contribution in [0, 0.1) is 0 Å². The Labute approximate surface area is 109 Å². The Bertz CT molecular complexity index is 140. The van der Waals surface area contributed by atoms with E-state index in [9.17, 15) is 0 Å². The van der Waals surface area contributed by atoms with Crippen LogP contribution in [0.5, 0.6) is 0 Å². The molecule has 2 nitrogen and oxygen atoms in total. The van der Waals surface area contributed by atoms with Crippen molar-refractivity contribution in [2.24, 2.45) is 0 Å². The average Bonchev–Trinajstić information content (AvgIpc) is 2.80. The maximum absolute atomic E-state index is 3.53. The molecule has 0 amide bonds. The molecule has 0 unspecified atom stereocenters. The van der Waals surface area contributed by atoms with Gasteiger partial charge in [-0.1, -0.05) is 39.5 Å². The van der Waals surface area contributed by atoms with E-state index in [0.717, 1.165) is 6.04 Å². The summed E-state index contributed by atoms with van der Waals surface area (Å²) in [5.41, 5.74) is 0. The van der Waals surface area contributed by atoms with E-state index < -0.39 is 0 Å². The molecule has 0 radical (unpaired) electrons. The van der Waals surface area contributed by atoms with E-state index in [1.165, 1.54) is 64.5 Å². The Morgan fingerprint density at radius 2 is 1.65 bits per heavy atom. The zero-order chi connectivity index (χ0) is 12.9. The number of rotatable bonds is 7. The summed E-state index contributed by atoms with van der Waals surface area (Å²) in [7, 11) is 4.24. The summed E-state index contributed by atoms with van der Waals surface area (Å²) >= 11 is 0. The van der Waals surface area contributed by atoms with Crippen molar-refractivity contribution in [2.45, 2.75) is 71.3 Å². The van der Waals surface area contributed by atoms with Gasteiger partial charge < -0.3 is 10.2 Å². The van der Waals surface area contributed by atoms with Crippen molar-refractivity contribution < 1.29 is 0 Å². The summed E-state index contributed by atoms with van der Waals surface area (Å²) in [5.74, 6) is 0. The van der Waals surface area contributed by atoms with Gasteiger partial charge in [-0.15, -0.1) is 0 Å². The first kappa shape index (κ1) is 16.9. The van der Waals surface area contributed by atoms with Gasteiger partial charge in [0.25, 0.3) is 0 Å². The molecule has 1 N–H and O–H groups in total. The van der Waals surface area contributed by atoms with Crippen molar-refractivity contribution in [2.75, 3.05) is 27.2 Å². The summed E-state index contributed by atoms with van der Waals surface area (Å²) in [6.07, 6.45) is 11.1. The summed E-state index contributed by atoms with van der Waals surface area (Å²) in [4.78, 5) is 2.23. The number of nitrogens with one attached hydrogen (secondary N) is 1. The molecule has 0 spiro atoms. The Kier molecular flexibility index (Phi) is 12.3. The Morgan fingerprint density at radius 1 is 1.00 bits per heavy atom. The molecule has 2 heteroatoms. The molecule has 0 bridgehead atoms. The third-order valence-electron chi connectivity index (χ3n) is 3.25. The average molecular weight is 242 g/mol. The van der Waals surface area contributed by atoms with Crippen molar-refractivity contribution in [3.05, 3.63) is 0 Å². The van der Waals surface area contributed by atoms with Gasteiger partial charge in [0.2, 0.25) is 0 Å². The lowest BCUT2D eigenvalue weighted by molar-refractivity contribution is 0.393. The molecule has 17 heavy (non-hydrogen) atoms. The molecule has 104 valence electrons. The third kappa shape index (κ3) is 12.2. The number of hydrogen-bond donors (Lipinski definition) is 1. The SMILES string of the molecule is CCCCCN(C)C.CCCNC1CCCC1. The van der Waals surface area contributed by atoms with Crippen molar-refractivity contribution in [3.63, 3.8) is 0 Å². The highest BCUT2D eigenvalue weighted by molar-refractivity contribution is 4.72. The molecular formula is C15H34N2. The fourth-order valence-corrected chi connectivity index (χ4v) is 2.16. The monoisotopic (exact) mass is 242 g/mol. The van der Waals surface area contributed by atoms with Crippen molar-refractivity contribution in [3.8, 4) is 0 Å². The van der Waals surface area contributed by atoms with E-state index in [-0.39, 0.29) is 0 Å². The molecule has 0 heterocycles. The first-order chi connectivity index (χ1) is 8.20. The zero-order valence-corrected chi connectivity index (χ0v) is 12.6. The van der Waals surface area contributed by atoms with E-state index in [2.05, 4.69) is 38.2 Å². The van der Waals surface area contributed by atoms with Gasteiger partial charge in [0.05, 0.1) is 0 Å². The lowest BCUT2D eigenvalue weighted by Gasteiger charge is -2.09. The van der Waals surface area contributed by atoms with Crippen LogP contribution in [0.2, 0.25) is 0 Å². The van der Waals surface area contributed by atoms with E-state index in [0.29, 0.717) is 0 Å². The highest BCUT2D eigenvalue weighted by Gasteiger charge is 2.12. The second-order valence-corrected chi connectivity index (χ2v) is 5.45. The summed E-state index contributed by atoms with van der Waals surface area (Å²) in [6.45, 7) is 6.91. The predicted octanol–water partition coefficient (Wildman–Crippen LogP) is 3.67. The van der Waals surface area contributed by atoms with Gasteiger partial charge >= 0.3 is 0 Å². The lowest BCUT2D eigenvalue weighted by Crippen LogP contribution is -2.26. The van der Waals surface area contributed by atoms with Crippen LogP contribution >= 0.6 is 0 Å². The smallest absolute Gasteiger partial charge is 0.00670 e. The van der Waals surface area contributed by atoms with Crippen molar-refractivity contribution in [1.29, 1.82) is 0 Å². The summed E-state index contributed by atoms with van der Waals surface area (Å²) in [6, 6.07) is 0.866. The van der Waals surface area contributed by atoms with Crippen LogP contribution in [0.25, 0.3) is 0 Å². The standard InChI is InChI=1S/C8H17N.C7H17N/c1-2-7-9-8-5-3-4-6-8;1-4-5-6-7-8(2)3/h8-9H,2-7H2,1H3;4-7H2,1-3H3. The molecule has 1 saturated carbocycles. The largest absolute Gasteiger partial charge is 0.314 e. The molecule has 0 aromatic heterocycles. The quantitative estimate of drug-likeness (QED) is 0.685. The molecule has 0 atom stereocenters. The minimum Gasteiger partial charge on any atom is -0.314 e. The molecule has 1 aliphatic carbocycles. The van der Waals surface area contributed by atoms with Crippen molar-refractivity contribution in [1.82, 2.24) is 10.2 Å². The Balaban J connectivity index is 0.000000304. The second kappa shape index (κ2) is 12.4. The van der Waals surface area contributed by atoms with Crippen LogP contribution in [0.3, 0.4) is 0 Å². The number of unbranched alkanes of at least 4 members (excludes halogenated alkanes) is 2. The van der Waals surface area contributed by atoms with Crippen molar-refractivity contribution >= 4 is 0 Å². The van der Waals surface area contributed by atoms with Crippen LogP contribution < -0.4 is 5.32 Å². The molecular weight excluding hydrogens is 208 g/mol. The Morgan fingerprint density at radius 3 is 2.12 bits per heavy atom. The maximum atomic E-state index is 3.53. The third-order valence-corrected chi connectivity index (χ3v) is 3.25. The van der Waals surface area contributed by atoms with E-state index in [4.69, 9.17) is 0 Å². The van der Waals surface area contributed by atoms with Gasteiger partial charge in [0.1, 0.15) is 0 Å². The van der Waals surface area contributed by atoms with Gasteiger partial charge in [-0.05, 0) is 52.9 Å². The minimum absolute atomic E-state index is 0.866. The molecule has 1 fully saturated rings. The first-order valence-electron chi connectivity index (χ1n) is 7.58. The highest BCUT2D eigenvalue weighted by Crippen LogP contribution is 2.17. The molecule has 0 aromatic carbocycles. The molecule has 1 rings (SSSR count). The summed E-state index contributed by atoms with van der Waals surface area (Å²) in [5, 5.41) is 3.53. The number of hydrogen-bond acceptors (Lipinski definition) is 2. The van der Waals surface area contributed by atoms with Gasteiger partial charge in [0, 0.05) is 6.04 Å². The van der Waals surface area contributed by atoms with Crippen LogP contribution in [0.1, 0.15) is 65.2 Å². The van der Waals surface area contributed by atoms with Gasteiger partial charge in [-0.2, -0.15) is 0 Å². The molecule has 0 aromatic rings. The minimum atomic E-state index is 0.866. The van der Waals surface area contributed by atoms with Gasteiger partial charge in [-0.25, -0.2) is 0 Å². The molecule has 1 aliphatic rings. The zero-order valence-electron chi connectivity index (χ0n) is 12.6. The fraction of sp³-hybridized carbons (Fsp3) is 1.00. The first-order valence-corrected chi connectivity index (χ1v) is 7.58. The summed E-state index contributed by atoms with van der Waals surface area (Å²) < 4.78 is 0. The maximum Gasteiger partial charge on any atom is 0.00670 e. The van der Waals surface area contributed by atoms with Crippen LogP contribution in [-0.4, -0.2) is 38.1 Å². The lowest BCUT2D eigenvalue weighted by atomic mass is 10.2. The normalized spacial score (nSPS) is 16.1. The van der Waals surface area contributed by atoms with Crippen LogP contribution in [-0.2, 0) is 0 Å². The van der Waals surface area contributed by atoms with E-state index >= 15 is 0 Å². The van der Waals surface area contributed by atoms with Crippen LogP contribution in [0.15, 0.2) is 0 Å². The Hall–Kier alpha value is -0.0800. The van der Waals surface area contributed by atoms with E-state index in [1.54, 1.807) is 0 Å². The fourth-order valence-electron chi connectivity index (χ4n) is 2.16. The topological polar surface area (TPSA) is 15.3 Å². The molecule has 0 saturated heterocycles. The van der Waals surface area contributed by atoms with Crippen LogP contribution in [0.4, 0.5) is 0 Å². The number of nitrogens with zero attached hydrogens (tertiary/aromatic N) is 1. The second-order valence-electron chi connectivity index (χ2n) is 5.45. The van der Waals surface area contributed by atoms with Gasteiger partial charge in [0.15, 0.2) is 0 Å².